The van der Waals surface area contributed by atoms with Crippen LogP contribution in [0.4, 0.5) is 5.69 Å². The first-order valence-corrected chi connectivity index (χ1v) is 8.36. The number of carbonyl (C=O) groups excluding carboxylic acids is 1. The maximum atomic E-state index is 12.2. The van der Waals surface area contributed by atoms with Gasteiger partial charge in [-0.1, -0.05) is 42.8 Å². The number of rotatable bonds is 6. The molecule has 0 atom stereocenters. The van der Waals surface area contributed by atoms with Gasteiger partial charge < -0.3 is 10.1 Å². The Kier molecular flexibility index (Phi) is 6.44. The smallest absolute Gasteiger partial charge is 0.248 e. The molecule has 2 aromatic rings. The van der Waals surface area contributed by atoms with E-state index in [1.807, 2.05) is 50.2 Å². The van der Waals surface area contributed by atoms with Crippen LogP contribution in [0.15, 0.2) is 42.5 Å². The third kappa shape index (κ3) is 4.87. The molecule has 0 unspecified atom stereocenters. The molecule has 2 aromatic carbocycles. The summed E-state index contributed by atoms with van der Waals surface area (Å²) >= 11 is 6.22. The van der Waals surface area contributed by atoms with E-state index in [2.05, 4.69) is 12.2 Å². The highest BCUT2D eigenvalue weighted by molar-refractivity contribution is 6.34. The molecule has 0 bridgehead atoms. The van der Waals surface area contributed by atoms with Gasteiger partial charge in [0.25, 0.3) is 0 Å². The first-order chi connectivity index (χ1) is 11.5. The number of anilines is 1. The molecule has 0 fully saturated rings. The van der Waals surface area contributed by atoms with Crippen molar-refractivity contribution in [3.63, 3.8) is 0 Å². The lowest BCUT2D eigenvalue weighted by atomic mass is 10.1. The fraction of sp³-hybridized carbons (Fsp3) is 0.250. The summed E-state index contributed by atoms with van der Waals surface area (Å²) < 4.78 is 5.68. The molecule has 0 heterocycles. The Hall–Kier alpha value is -2.26. The summed E-state index contributed by atoms with van der Waals surface area (Å²) in [6.45, 7) is 6.60. The van der Waals surface area contributed by atoms with E-state index in [0.717, 1.165) is 28.9 Å². The Morgan fingerprint density at radius 3 is 2.71 bits per heavy atom. The van der Waals surface area contributed by atoms with Crippen LogP contribution in [0.5, 0.6) is 5.75 Å². The molecule has 0 radical (unpaired) electrons. The SMILES string of the molecule is CCCOc1ccccc1/C=C/C(=O)Nc1c(C)cc(C)cc1Cl. The van der Waals surface area contributed by atoms with E-state index in [0.29, 0.717) is 17.3 Å². The zero-order chi connectivity index (χ0) is 17.5. The van der Waals surface area contributed by atoms with Crippen molar-refractivity contribution in [3.05, 3.63) is 64.2 Å². The van der Waals surface area contributed by atoms with Crippen molar-refractivity contribution in [1.29, 1.82) is 0 Å². The van der Waals surface area contributed by atoms with E-state index >= 15 is 0 Å². The minimum atomic E-state index is -0.228. The second-order valence-corrected chi connectivity index (χ2v) is 6.05. The van der Waals surface area contributed by atoms with Crippen molar-refractivity contribution in [2.45, 2.75) is 27.2 Å². The van der Waals surface area contributed by atoms with Crippen LogP contribution in [-0.2, 0) is 4.79 Å². The van der Waals surface area contributed by atoms with Crippen molar-refractivity contribution >= 4 is 29.3 Å². The molecule has 0 aliphatic carbocycles. The molecule has 3 nitrogen and oxygen atoms in total. The van der Waals surface area contributed by atoms with Crippen molar-refractivity contribution in [2.24, 2.45) is 0 Å². The van der Waals surface area contributed by atoms with Gasteiger partial charge in [-0.05, 0) is 49.6 Å². The zero-order valence-electron chi connectivity index (χ0n) is 14.2. The summed E-state index contributed by atoms with van der Waals surface area (Å²) in [5.74, 6) is 0.544. The van der Waals surface area contributed by atoms with Gasteiger partial charge in [0, 0.05) is 11.6 Å². The van der Waals surface area contributed by atoms with Gasteiger partial charge >= 0.3 is 0 Å². The number of para-hydroxylation sites is 1. The van der Waals surface area contributed by atoms with Gasteiger partial charge in [0.15, 0.2) is 0 Å². The molecule has 24 heavy (non-hydrogen) atoms. The summed E-state index contributed by atoms with van der Waals surface area (Å²) in [5, 5.41) is 3.38. The van der Waals surface area contributed by atoms with Gasteiger partial charge in [-0.25, -0.2) is 0 Å². The number of halogens is 1. The molecule has 0 saturated heterocycles. The van der Waals surface area contributed by atoms with E-state index in [-0.39, 0.29) is 5.91 Å². The van der Waals surface area contributed by atoms with Gasteiger partial charge in [-0.3, -0.25) is 4.79 Å². The van der Waals surface area contributed by atoms with Crippen LogP contribution >= 0.6 is 11.6 Å². The summed E-state index contributed by atoms with van der Waals surface area (Å²) in [6.07, 6.45) is 4.17. The van der Waals surface area contributed by atoms with Crippen LogP contribution in [0.1, 0.15) is 30.0 Å². The molecule has 0 aliphatic heterocycles. The molecule has 4 heteroatoms. The molecule has 0 aliphatic rings. The minimum Gasteiger partial charge on any atom is -0.493 e. The quantitative estimate of drug-likeness (QED) is 0.713. The number of carbonyl (C=O) groups is 1. The average molecular weight is 344 g/mol. The van der Waals surface area contributed by atoms with Gasteiger partial charge in [-0.15, -0.1) is 0 Å². The highest BCUT2D eigenvalue weighted by atomic mass is 35.5. The maximum Gasteiger partial charge on any atom is 0.248 e. The number of ether oxygens (including phenoxy) is 1. The highest BCUT2D eigenvalue weighted by Crippen LogP contribution is 2.27. The van der Waals surface area contributed by atoms with Crippen molar-refractivity contribution in [2.75, 3.05) is 11.9 Å². The van der Waals surface area contributed by atoms with Crippen molar-refractivity contribution in [1.82, 2.24) is 0 Å². The number of hydrogen-bond donors (Lipinski definition) is 1. The number of hydrogen-bond acceptors (Lipinski definition) is 2. The van der Waals surface area contributed by atoms with Gasteiger partial charge in [0.2, 0.25) is 5.91 Å². The molecular weight excluding hydrogens is 322 g/mol. The molecule has 0 aromatic heterocycles. The summed E-state index contributed by atoms with van der Waals surface area (Å²) in [5.41, 5.74) is 3.52. The lowest BCUT2D eigenvalue weighted by Crippen LogP contribution is -2.09. The van der Waals surface area contributed by atoms with E-state index in [1.54, 1.807) is 6.08 Å². The summed E-state index contributed by atoms with van der Waals surface area (Å²) in [7, 11) is 0. The second-order valence-electron chi connectivity index (χ2n) is 5.65. The van der Waals surface area contributed by atoms with Crippen LogP contribution < -0.4 is 10.1 Å². The Bertz CT molecular complexity index is 730. The molecule has 0 saturated carbocycles. The predicted molar refractivity (Wildman–Crippen MR) is 101 cm³/mol. The lowest BCUT2D eigenvalue weighted by molar-refractivity contribution is -0.111. The van der Waals surface area contributed by atoms with Crippen LogP contribution in [0, 0.1) is 13.8 Å². The number of amides is 1. The van der Waals surface area contributed by atoms with Gasteiger partial charge in [0.1, 0.15) is 5.75 Å². The molecule has 0 spiro atoms. The summed E-state index contributed by atoms with van der Waals surface area (Å²) in [6, 6.07) is 11.5. The summed E-state index contributed by atoms with van der Waals surface area (Å²) in [4.78, 5) is 12.2. The first-order valence-electron chi connectivity index (χ1n) is 7.99. The van der Waals surface area contributed by atoms with E-state index < -0.39 is 0 Å². The van der Waals surface area contributed by atoms with Crippen molar-refractivity contribution < 1.29 is 9.53 Å². The normalized spacial score (nSPS) is 10.8. The van der Waals surface area contributed by atoms with Crippen molar-refractivity contribution in [3.8, 4) is 5.75 Å². The first kappa shape index (κ1) is 18.1. The van der Waals surface area contributed by atoms with Crippen LogP contribution in [0.3, 0.4) is 0 Å². The fourth-order valence-corrected chi connectivity index (χ4v) is 2.73. The third-order valence-corrected chi connectivity index (χ3v) is 3.77. The standard InChI is InChI=1S/C20H22ClNO2/c1-4-11-24-18-8-6-5-7-16(18)9-10-19(23)22-20-15(3)12-14(2)13-17(20)21/h5-10,12-13H,4,11H2,1-3H3,(H,22,23)/b10-9+. The Morgan fingerprint density at radius 1 is 1.25 bits per heavy atom. The van der Waals surface area contributed by atoms with E-state index in [9.17, 15) is 4.79 Å². The molecule has 2 rings (SSSR count). The van der Waals surface area contributed by atoms with Crippen LogP contribution in [0.2, 0.25) is 5.02 Å². The Balaban J connectivity index is 2.12. The van der Waals surface area contributed by atoms with Crippen LogP contribution in [0.25, 0.3) is 6.08 Å². The highest BCUT2D eigenvalue weighted by Gasteiger charge is 2.08. The largest absolute Gasteiger partial charge is 0.493 e. The lowest BCUT2D eigenvalue weighted by Gasteiger charge is -2.10. The van der Waals surface area contributed by atoms with E-state index in [4.69, 9.17) is 16.3 Å². The minimum absolute atomic E-state index is 0.228. The number of nitrogens with one attached hydrogen (secondary N) is 1. The molecule has 1 amide bonds. The van der Waals surface area contributed by atoms with Crippen LogP contribution in [-0.4, -0.2) is 12.5 Å². The average Bonchev–Trinajstić information content (AvgIpc) is 2.55. The fourth-order valence-electron chi connectivity index (χ4n) is 2.37. The topological polar surface area (TPSA) is 38.3 Å². The predicted octanol–water partition coefficient (Wildman–Crippen LogP) is 5.40. The monoisotopic (exact) mass is 343 g/mol. The maximum absolute atomic E-state index is 12.2. The molecular formula is C20H22ClNO2. The van der Waals surface area contributed by atoms with E-state index in [1.165, 1.54) is 6.08 Å². The zero-order valence-corrected chi connectivity index (χ0v) is 15.0. The number of benzene rings is 2. The molecule has 126 valence electrons. The van der Waals surface area contributed by atoms with Gasteiger partial charge in [0.05, 0.1) is 17.3 Å². The third-order valence-electron chi connectivity index (χ3n) is 3.47. The molecule has 1 N–H and O–H groups in total. The second kappa shape index (κ2) is 8.55. The number of aryl methyl sites for hydroxylation is 2. The Labute approximate surface area is 148 Å². The Morgan fingerprint density at radius 2 is 2.00 bits per heavy atom. The van der Waals surface area contributed by atoms with Gasteiger partial charge in [-0.2, -0.15) is 0 Å².